The molecular formula is C22H26ClNO3. The van der Waals surface area contributed by atoms with Crippen LogP contribution in [-0.4, -0.2) is 25.7 Å². The SMILES string of the molecule is CC(C)COc1ccc(NC(=O)C2(c3ccc(Cl)cc3)CCOCC2)cc1. The second-order valence-corrected chi connectivity index (χ2v) is 7.82. The quantitative estimate of drug-likeness (QED) is 0.753. The molecule has 5 heteroatoms. The van der Waals surface area contributed by atoms with Gasteiger partial charge in [-0.2, -0.15) is 0 Å². The summed E-state index contributed by atoms with van der Waals surface area (Å²) in [4.78, 5) is 13.2. The van der Waals surface area contributed by atoms with Crippen molar-refractivity contribution in [3.05, 3.63) is 59.1 Å². The number of rotatable bonds is 6. The maximum Gasteiger partial charge on any atom is 0.235 e. The molecule has 1 heterocycles. The molecular weight excluding hydrogens is 362 g/mol. The normalized spacial score (nSPS) is 16.1. The predicted molar refractivity (Wildman–Crippen MR) is 109 cm³/mol. The lowest BCUT2D eigenvalue weighted by Crippen LogP contribution is -2.44. The Labute approximate surface area is 165 Å². The molecule has 0 spiro atoms. The van der Waals surface area contributed by atoms with Gasteiger partial charge in [0.2, 0.25) is 5.91 Å². The summed E-state index contributed by atoms with van der Waals surface area (Å²) in [6, 6.07) is 15.1. The van der Waals surface area contributed by atoms with E-state index < -0.39 is 5.41 Å². The molecule has 144 valence electrons. The van der Waals surface area contributed by atoms with Gasteiger partial charge in [0, 0.05) is 23.9 Å². The van der Waals surface area contributed by atoms with Gasteiger partial charge < -0.3 is 14.8 Å². The largest absolute Gasteiger partial charge is 0.493 e. The molecule has 1 N–H and O–H groups in total. The number of ether oxygens (including phenoxy) is 2. The van der Waals surface area contributed by atoms with Crippen LogP contribution in [0.5, 0.6) is 5.75 Å². The van der Waals surface area contributed by atoms with Crippen LogP contribution in [0.3, 0.4) is 0 Å². The van der Waals surface area contributed by atoms with Crippen molar-refractivity contribution >= 4 is 23.2 Å². The molecule has 1 fully saturated rings. The first-order valence-electron chi connectivity index (χ1n) is 9.38. The summed E-state index contributed by atoms with van der Waals surface area (Å²) in [5, 5.41) is 3.74. The Kier molecular flexibility index (Phi) is 6.40. The van der Waals surface area contributed by atoms with Gasteiger partial charge in [0.1, 0.15) is 5.75 Å². The summed E-state index contributed by atoms with van der Waals surface area (Å²) in [7, 11) is 0. The van der Waals surface area contributed by atoms with Crippen molar-refractivity contribution in [1.82, 2.24) is 0 Å². The number of carbonyl (C=O) groups excluding carboxylic acids is 1. The molecule has 0 aliphatic carbocycles. The van der Waals surface area contributed by atoms with E-state index in [1.165, 1.54) is 0 Å². The third kappa shape index (κ3) is 4.82. The minimum absolute atomic E-state index is 0.0102. The van der Waals surface area contributed by atoms with Crippen LogP contribution in [-0.2, 0) is 14.9 Å². The smallest absolute Gasteiger partial charge is 0.235 e. The molecule has 1 aliphatic rings. The minimum atomic E-state index is -0.602. The third-order valence-corrected chi connectivity index (χ3v) is 5.13. The number of anilines is 1. The van der Waals surface area contributed by atoms with E-state index in [1.807, 2.05) is 48.5 Å². The topological polar surface area (TPSA) is 47.6 Å². The van der Waals surface area contributed by atoms with Crippen molar-refractivity contribution in [2.24, 2.45) is 5.92 Å². The molecule has 0 saturated carbocycles. The Morgan fingerprint density at radius 3 is 2.33 bits per heavy atom. The van der Waals surface area contributed by atoms with Crippen molar-refractivity contribution < 1.29 is 14.3 Å². The van der Waals surface area contributed by atoms with Crippen molar-refractivity contribution in [2.75, 3.05) is 25.1 Å². The monoisotopic (exact) mass is 387 g/mol. The zero-order valence-corrected chi connectivity index (χ0v) is 16.6. The molecule has 0 atom stereocenters. The molecule has 3 rings (SSSR count). The van der Waals surface area contributed by atoms with E-state index in [0.29, 0.717) is 43.6 Å². The average molecular weight is 388 g/mol. The first-order chi connectivity index (χ1) is 13.0. The summed E-state index contributed by atoms with van der Waals surface area (Å²) in [5.74, 6) is 1.27. The molecule has 2 aromatic rings. The number of hydrogen-bond donors (Lipinski definition) is 1. The Hall–Kier alpha value is -2.04. The summed E-state index contributed by atoms with van der Waals surface area (Å²) >= 11 is 6.03. The van der Waals surface area contributed by atoms with Gasteiger partial charge in [-0.1, -0.05) is 37.6 Å². The standard InChI is InChI=1S/C22H26ClNO3/c1-16(2)15-27-20-9-7-19(8-10-20)24-21(25)22(11-13-26-14-12-22)17-3-5-18(23)6-4-17/h3-10,16H,11-15H2,1-2H3,(H,24,25). The Morgan fingerprint density at radius 1 is 1.11 bits per heavy atom. The van der Waals surface area contributed by atoms with Gasteiger partial charge in [0.25, 0.3) is 0 Å². The number of benzene rings is 2. The van der Waals surface area contributed by atoms with Crippen LogP contribution in [0.25, 0.3) is 0 Å². The van der Waals surface area contributed by atoms with Crippen molar-refractivity contribution in [1.29, 1.82) is 0 Å². The number of nitrogens with one attached hydrogen (secondary N) is 1. The molecule has 0 unspecified atom stereocenters. The maximum atomic E-state index is 13.2. The molecule has 1 aliphatic heterocycles. The van der Waals surface area contributed by atoms with Gasteiger partial charge in [-0.25, -0.2) is 0 Å². The highest BCUT2D eigenvalue weighted by Crippen LogP contribution is 2.36. The number of hydrogen-bond acceptors (Lipinski definition) is 3. The van der Waals surface area contributed by atoms with E-state index in [2.05, 4.69) is 19.2 Å². The molecule has 0 bridgehead atoms. The number of carbonyl (C=O) groups is 1. The highest BCUT2D eigenvalue weighted by atomic mass is 35.5. The van der Waals surface area contributed by atoms with E-state index in [9.17, 15) is 4.79 Å². The van der Waals surface area contributed by atoms with Crippen molar-refractivity contribution in [3.63, 3.8) is 0 Å². The highest BCUT2D eigenvalue weighted by molar-refractivity contribution is 6.30. The van der Waals surface area contributed by atoms with Crippen molar-refractivity contribution in [2.45, 2.75) is 32.1 Å². The van der Waals surface area contributed by atoms with Crippen LogP contribution in [0.2, 0.25) is 5.02 Å². The van der Waals surface area contributed by atoms with Gasteiger partial charge in [-0.05, 0) is 60.7 Å². The van der Waals surface area contributed by atoms with Gasteiger partial charge in [0.15, 0.2) is 0 Å². The molecule has 0 aromatic heterocycles. The Balaban J connectivity index is 1.76. The number of halogens is 1. The van der Waals surface area contributed by atoms with E-state index in [4.69, 9.17) is 21.1 Å². The van der Waals surface area contributed by atoms with Gasteiger partial charge in [-0.3, -0.25) is 4.79 Å². The second kappa shape index (κ2) is 8.77. The summed E-state index contributed by atoms with van der Waals surface area (Å²) in [5.41, 5.74) is 1.14. The first-order valence-corrected chi connectivity index (χ1v) is 9.75. The zero-order valence-electron chi connectivity index (χ0n) is 15.8. The first kappa shape index (κ1) is 19.7. The second-order valence-electron chi connectivity index (χ2n) is 7.38. The average Bonchev–Trinajstić information content (AvgIpc) is 2.68. The Bertz CT molecular complexity index is 750. The van der Waals surface area contributed by atoms with Crippen molar-refractivity contribution in [3.8, 4) is 5.75 Å². The lowest BCUT2D eigenvalue weighted by molar-refractivity contribution is -0.125. The van der Waals surface area contributed by atoms with Crippen LogP contribution < -0.4 is 10.1 Å². The predicted octanol–water partition coefficient (Wildman–Crippen LogP) is 5.06. The van der Waals surface area contributed by atoms with Crippen LogP contribution in [0, 0.1) is 5.92 Å². The van der Waals surface area contributed by atoms with Crippen LogP contribution in [0.4, 0.5) is 5.69 Å². The van der Waals surface area contributed by atoms with E-state index >= 15 is 0 Å². The van der Waals surface area contributed by atoms with Gasteiger partial charge >= 0.3 is 0 Å². The minimum Gasteiger partial charge on any atom is -0.493 e. The van der Waals surface area contributed by atoms with Gasteiger partial charge in [0.05, 0.1) is 12.0 Å². The maximum absolute atomic E-state index is 13.2. The fourth-order valence-corrected chi connectivity index (χ4v) is 3.41. The fourth-order valence-electron chi connectivity index (χ4n) is 3.28. The molecule has 0 radical (unpaired) electrons. The molecule has 2 aromatic carbocycles. The third-order valence-electron chi connectivity index (χ3n) is 4.87. The van der Waals surface area contributed by atoms with Crippen LogP contribution in [0.1, 0.15) is 32.3 Å². The fraction of sp³-hybridized carbons (Fsp3) is 0.409. The zero-order chi connectivity index (χ0) is 19.3. The molecule has 1 saturated heterocycles. The molecule has 4 nitrogen and oxygen atoms in total. The lowest BCUT2D eigenvalue weighted by Gasteiger charge is -2.36. The summed E-state index contributed by atoms with van der Waals surface area (Å²) in [6.45, 7) is 6.03. The Morgan fingerprint density at radius 2 is 1.74 bits per heavy atom. The van der Waals surface area contributed by atoms with E-state index in [0.717, 1.165) is 17.0 Å². The number of amides is 1. The highest BCUT2D eigenvalue weighted by Gasteiger charge is 2.41. The van der Waals surface area contributed by atoms with E-state index in [-0.39, 0.29) is 5.91 Å². The van der Waals surface area contributed by atoms with Crippen LogP contribution >= 0.6 is 11.6 Å². The lowest BCUT2D eigenvalue weighted by atomic mass is 9.73. The molecule has 1 amide bonds. The summed E-state index contributed by atoms with van der Waals surface area (Å²) in [6.07, 6.45) is 1.30. The summed E-state index contributed by atoms with van der Waals surface area (Å²) < 4.78 is 11.2. The van der Waals surface area contributed by atoms with E-state index in [1.54, 1.807) is 0 Å². The van der Waals surface area contributed by atoms with Gasteiger partial charge in [-0.15, -0.1) is 0 Å². The molecule has 27 heavy (non-hydrogen) atoms. The van der Waals surface area contributed by atoms with Crippen LogP contribution in [0.15, 0.2) is 48.5 Å².